The van der Waals surface area contributed by atoms with Crippen LogP contribution < -0.4 is 19.1 Å². The van der Waals surface area contributed by atoms with E-state index in [1.807, 2.05) is 36.4 Å². The zero-order chi connectivity index (χ0) is 29.4. The van der Waals surface area contributed by atoms with Gasteiger partial charge in [-0.1, -0.05) is 54.1 Å². The largest absolute Gasteiger partial charge is 0.486 e. The van der Waals surface area contributed by atoms with Crippen LogP contribution >= 0.6 is 11.6 Å². The molecule has 1 atom stereocenters. The van der Waals surface area contributed by atoms with Crippen molar-refractivity contribution in [2.75, 3.05) is 36.4 Å². The number of likely N-dealkylation sites (N-methyl/N-ethyl adjacent to an activating group) is 1. The maximum atomic E-state index is 14.2. The van der Waals surface area contributed by atoms with Crippen molar-refractivity contribution >= 4 is 39.1 Å². The third-order valence-electron chi connectivity index (χ3n) is 6.66. The first kappa shape index (κ1) is 30.2. The lowest BCUT2D eigenvalue weighted by atomic mass is 10.0. The first-order valence-corrected chi connectivity index (χ1v) is 15.5. The van der Waals surface area contributed by atoms with Gasteiger partial charge in [0.05, 0.1) is 11.4 Å². The Labute approximate surface area is 246 Å². The fourth-order valence-corrected chi connectivity index (χ4v) is 5.85. The van der Waals surface area contributed by atoms with Crippen LogP contribution in [0.5, 0.6) is 11.5 Å². The highest BCUT2D eigenvalue weighted by atomic mass is 35.5. The molecule has 41 heavy (non-hydrogen) atoms. The molecule has 0 fully saturated rings. The average Bonchev–Trinajstić information content (AvgIpc) is 2.98. The summed E-state index contributed by atoms with van der Waals surface area (Å²) in [6, 6.07) is 20.3. The Morgan fingerprint density at radius 1 is 0.927 bits per heavy atom. The third-order valence-corrected chi connectivity index (χ3v) is 8.63. The van der Waals surface area contributed by atoms with Crippen LogP contribution in [0, 0.1) is 0 Å². The zero-order valence-electron chi connectivity index (χ0n) is 23.1. The van der Waals surface area contributed by atoms with Crippen molar-refractivity contribution in [3.05, 3.63) is 88.9 Å². The summed E-state index contributed by atoms with van der Waals surface area (Å²) in [6.07, 6.45) is 0.240. The summed E-state index contributed by atoms with van der Waals surface area (Å²) in [5.74, 6) is -0.202. The Morgan fingerprint density at radius 3 is 2.32 bits per heavy atom. The minimum Gasteiger partial charge on any atom is -0.486 e. The molecule has 3 aromatic carbocycles. The molecule has 1 heterocycles. The highest BCUT2D eigenvalue weighted by molar-refractivity contribution is 7.92. The molecule has 1 aliphatic heterocycles. The Balaban J connectivity index is 1.74. The van der Waals surface area contributed by atoms with Gasteiger partial charge in [0, 0.05) is 30.6 Å². The maximum Gasteiger partial charge on any atom is 0.244 e. The predicted molar refractivity (Wildman–Crippen MR) is 159 cm³/mol. The standard InChI is InChI=1S/C30H34ClN3O6S/c1-3-32-30(36)26(18-22-9-6-5-7-10-22)33(20-23-11-8-12-24(31)17-23)29(35)21-34(41(37,38)4-2)25-13-14-27-28(19-25)40-16-15-39-27/h5-14,17,19,26H,3-4,15-16,18,20-21H2,1-2H3,(H,32,36)/t26-/m1/s1. The normalized spacial score (nSPS) is 13.2. The first-order valence-electron chi connectivity index (χ1n) is 13.5. The number of fused-ring (bicyclic) bond motifs is 1. The quantitative estimate of drug-likeness (QED) is 0.337. The van der Waals surface area contributed by atoms with Crippen molar-refractivity contribution in [1.82, 2.24) is 10.2 Å². The number of sulfonamides is 1. The number of amides is 2. The second kappa shape index (κ2) is 13.7. The monoisotopic (exact) mass is 599 g/mol. The van der Waals surface area contributed by atoms with Crippen LogP contribution in [-0.2, 0) is 32.6 Å². The Morgan fingerprint density at radius 2 is 1.63 bits per heavy atom. The van der Waals surface area contributed by atoms with Gasteiger partial charge in [0.15, 0.2) is 11.5 Å². The van der Waals surface area contributed by atoms with Crippen LogP contribution in [0.15, 0.2) is 72.8 Å². The molecule has 0 saturated heterocycles. The van der Waals surface area contributed by atoms with Crippen LogP contribution in [0.1, 0.15) is 25.0 Å². The second-order valence-corrected chi connectivity index (χ2v) is 12.1. The molecule has 0 saturated carbocycles. The molecule has 1 aliphatic rings. The van der Waals surface area contributed by atoms with Gasteiger partial charge in [-0.05, 0) is 49.2 Å². The van der Waals surface area contributed by atoms with Crippen molar-refractivity contribution in [2.24, 2.45) is 0 Å². The van der Waals surface area contributed by atoms with Crippen LogP contribution in [-0.4, -0.2) is 63.2 Å². The van der Waals surface area contributed by atoms with Gasteiger partial charge in [-0.25, -0.2) is 8.42 Å². The Kier molecular flexibility index (Phi) is 10.1. The van der Waals surface area contributed by atoms with E-state index in [2.05, 4.69) is 5.32 Å². The lowest BCUT2D eigenvalue weighted by molar-refractivity contribution is -0.140. The van der Waals surface area contributed by atoms with E-state index in [4.69, 9.17) is 21.1 Å². The molecule has 0 radical (unpaired) electrons. The van der Waals surface area contributed by atoms with E-state index in [0.717, 1.165) is 9.87 Å². The molecule has 0 bridgehead atoms. The second-order valence-electron chi connectivity index (χ2n) is 9.49. The van der Waals surface area contributed by atoms with Crippen molar-refractivity contribution < 1.29 is 27.5 Å². The summed E-state index contributed by atoms with van der Waals surface area (Å²) in [4.78, 5) is 29.0. The van der Waals surface area contributed by atoms with Crippen molar-refractivity contribution in [1.29, 1.82) is 0 Å². The Bertz CT molecular complexity index is 1470. The number of benzene rings is 3. The minimum absolute atomic E-state index is 0.0508. The van der Waals surface area contributed by atoms with Crippen molar-refractivity contribution in [3.63, 3.8) is 0 Å². The molecular formula is C30H34ClN3O6S. The SMILES string of the molecule is CCNC(=O)[C@@H](Cc1ccccc1)N(Cc1cccc(Cl)c1)C(=O)CN(c1ccc2c(c1)OCCO2)S(=O)(=O)CC. The number of rotatable bonds is 12. The summed E-state index contributed by atoms with van der Waals surface area (Å²) in [5, 5.41) is 3.32. The number of nitrogens with one attached hydrogen (secondary N) is 1. The number of carbonyl (C=O) groups excluding carboxylic acids is 2. The van der Waals surface area contributed by atoms with Gasteiger partial charge in [-0.3, -0.25) is 13.9 Å². The molecule has 0 unspecified atom stereocenters. The van der Waals surface area contributed by atoms with E-state index >= 15 is 0 Å². The molecule has 11 heteroatoms. The molecule has 1 N–H and O–H groups in total. The van der Waals surface area contributed by atoms with Gasteiger partial charge in [-0.2, -0.15) is 0 Å². The van der Waals surface area contributed by atoms with Crippen molar-refractivity contribution in [3.8, 4) is 11.5 Å². The lowest BCUT2D eigenvalue weighted by Gasteiger charge is -2.34. The van der Waals surface area contributed by atoms with E-state index < -0.39 is 28.5 Å². The van der Waals surface area contributed by atoms with E-state index in [-0.39, 0.29) is 30.3 Å². The molecule has 0 aliphatic carbocycles. The van der Waals surface area contributed by atoms with E-state index in [1.54, 1.807) is 43.3 Å². The van der Waals surface area contributed by atoms with Gasteiger partial charge >= 0.3 is 0 Å². The third kappa shape index (κ3) is 7.71. The maximum absolute atomic E-state index is 14.2. The van der Waals surface area contributed by atoms with Gasteiger partial charge in [-0.15, -0.1) is 0 Å². The van der Waals surface area contributed by atoms with Gasteiger partial charge in [0.1, 0.15) is 25.8 Å². The van der Waals surface area contributed by atoms with Gasteiger partial charge < -0.3 is 19.7 Å². The van der Waals surface area contributed by atoms with Crippen LogP contribution in [0.4, 0.5) is 5.69 Å². The topological polar surface area (TPSA) is 105 Å². The molecule has 4 rings (SSSR count). The zero-order valence-corrected chi connectivity index (χ0v) is 24.7. The number of hydrogen-bond acceptors (Lipinski definition) is 6. The molecule has 3 aromatic rings. The van der Waals surface area contributed by atoms with Gasteiger partial charge in [0.2, 0.25) is 21.8 Å². The minimum atomic E-state index is -3.90. The average molecular weight is 600 g/mol. The van der Waals surface area contributed by atoms with Gasteiger partial charge in [0.25, 0.3) is 0 Å². The Hall–Kier alpha value is -3.76. The number of ether oxygens (including phenoxy) is 2. The number of hydrogen-bond donors (Lipinski definition) is 1. The summed E-state index contributed by atoms with van der Waals surface area (Å²) in [6.45, 7) is 3.95. The number of halogens is 1. The molecular weight excluding hydrogens is 566 g/mol. The van der Waals surface area contributed by atoms with Crippen LogP contribution in [0.3, 0.4) is 0 Å². The highest BCUT2D eigenvalue weighted by Crippen LogP contribution is 2.35. The summed E-state index contributed by atoms with van der Waals surface area (Å²) >= 11 is 6.24. The summed E-state index contributed by atoms with van der Waals surface area (Å²) < 4.78 is 38.9. The highest BCUT2D eigenvalue weighted by Gasteiger charge is 2.34. The smallest absolute Gasteiger partial charge is 0.244 e. The number of anilines is 1. The molecule has 218 valence electrons. The van der Waals surface area contributed by atoms with E-state index in [0.29, 0.717) is 41.8 Å². The molecule has 2 amide bonds. The summed E-state index contributed by atoms with van der Waals surface area (Å²) in [5.41, 5.74) is 1.83. The predicted octanol–water partition coefficient (Wildman–Crippen LogP) is 4.04. The molecule has 0 aromatic heterocycles. The van der Waals surface area contributed by atoms with Crippen LogP contribution in [0.25, 0.3) is 0 Å². The van der Waals surface area contributed by atoms with E-state index in [9.17, 15) is 18.0 Å². The number of nitrogens with zero attached hydrogens (tertiary/aromatic N) is 2. The number of carbonyl (C=O) groups is 2. The fourth-order valence-electron chi connectivity index (χ4n) is 4.58. The van der Waals surface area contributed by atoms with Crippen molar-refractivity contribution in [2.45, 2.75) is 32.9 Å². The molecule has 0 spiro atoms. The lowest BCUT2D eigenvalue weighted by Crippen LogP contribution is -2.53. The summed E-state index contributed by atoms with van der Waals surface area (Å²) in [7, 11) is -3.90. The molecule has 9 nitrogen and oxygen atoms in total. The van der Waals surface area contributed by atoms with Crippen LogP contribution in [0.2, 0.25) is 5.02 Å². The van der Waals surface area contributed by atoms with E-state index in [1.165, 1.54) is 11.8 Å². The fraction of sp³-hybridized carbons (Fsp3) is 0.333. The first-order chi connectivity index (χ1) is 19.7.